The number of phenols is 2. The Labute approximate surface area is 199 Å². The molecule has 33 heavy (non-hydrogen) atoms. The largest absolute Gasteiger partial charge is 0.508 e. The third-order valence-electron chi connectivity index (χ3n) is 5.66. The number of hydrogen-bond donors (Lipinski definition) is 2. The summed E-state index contributed by atoms with van der Waals surface area (Å²) in [5.74, 6) is 0.139. The Kier molecular flexibility index (Phi) is 9.83. The molecule has 2 rings (SSSR count). The van der Waals surface area contributed by atoms with Gasteiger partial charge in [-0.2, -0.15) is 0 Å². The van der Waals surface area contributed by atoms with Gasteiger partial charge in [-0.3, -0.25) is 4.79 Å². The molecule has 0 unspecified atom stereocenters. The molecule has 0 saturated carbocycles. The van der Waals surface area contributed by atoms with E-state index in [1.54, 1.807) is 11.0 Å². The van der Waals surface area contributed by atoms with Crippen LogP contribution in [0.5, 0.6) is 11.5 Å². The van der Waals surface area contributed by atoms with Gasteiger partial charge in [-0.1, -0.05) is 58.9 Å². The first-order chi connectivity index (χ1) is 15.7. The zero-order valence-corrected chi connectivity index (χ0v) is 21.0. The molecule has 5 nitrogen and oxygen atoms in total. The number of anilines is 1. The Morgan fingerprint density at radius 3 is 2.36 bits per heavy atom. The van der Waals surface area contributed by atoms with Crippen LogP contribution in [0.1, 0.15) is 75.4 Å². The van der Waals surface area contributed by atoms with Crippen molar-refractivity contribution in [3.8, 4) is 11.5 Å². The number of phenolic OH excluding ortho intramolecular Hbond substituents is 2. The summed E-state index contributed by atoms with van der Waals surface area (Å²) >= 11 is 0. The van der Waals surface area contributed by atoms with Crippen LogP contribution >= 0.6 is 0 Å². The number of benzene rings is 2. The average molecular weight is 453 g/mol. The van der Waals surface area contributed by atoms with Crippen molar-refractivity contribution in [2.24, 2.45) is 5.92 Å². The smallest absolute Gasteiger partial charge is 0.257 e. The molecule has 0 atom stereocenters. The Hall–Kier alpha value is -2.95. The van der Waals surface area contributed by atoms with Gasteiger partial charge in [-0.25, -0.2) is 0 Å². The summed E-state index contributed by atoms with van der Waals surface area (Å²) < 4.78 is 0. The Balaban J connectivity index is 2.26. The van der Waals surface area contributed by atoms with E-state index in [4.69, 9.17) is 0 Å². The van der Waals surface area contributed by atoms with Crippen LogP contribution in [0.3, 0.4) is 0 Å². The van der Waals surface area contributed by atoms with Crippen molar-refractivity contribution < 1.29 is 15.0 Å². The summed E-state index contributed by atoms with van der Waals surface area (Å²) in [6.45, 7) is 15.1. The van der Waals surface area contributed by atoms with Gasteiger partial charge in [0.05, 0.1) is 5.56 Å². The number of rotatable bonds is 11. The van der Waals surface area contributed by atoms with E-state index in [0.717, 1.165) is 30.8 Å². The molecule has 0 aliphatic heterocycles. The van der Waals surface area contributed by atoms with Crippen LogP contribution in [-0.4, -0.2) is 40.7 Å². The quantitative estimate of drug-likeness (QED) is 0.392. The molecule has 0 radical (unpaired) electrons. The van der Waals surface area contributed by atoms with Gasteiger partial charge in [0.1, 0.15) is 11.5 Å². The standard InChI is InChI=1S/C28H40N2O3/c1-7-14-30(15-10-11-20(3)4)23-13-9-12-22(16-23)19-29(8-2)28(33)25-17-24(21(5)6)26(31)18-27(25)32/h9-13,16-18,20-21,31-32H,7-8,14-15,19H2,1-6H3/b11-10+. The van der Waals surface area contributed by atoms with Crippen LogP contribution in [0.2, 0.25) is 0 Å². The minimum atomic E-state index is -0.243. The molecule has 0 heterocycles. The summed E-state index contributed by atoms with van der Waals surface area (Å²) in [5, 5.41) is 20.5. The first-order valence-corrected chi connectivity index (χ1v) is 12.0. The van der Waals surface area contributed by atoms with E-state index in [1.807, 2.05) is 32.9 Å². The van der Waals surface area contributed by atoms with Crippen molar-refractivity contribution in [1.82, 2.24) is 4.90 Å². The molecule has 1 amide bonds. The predicted octanol–water partition coefficient (Wildman–Crippen LogP) is 6.31. The lowest BCUT2D eigenvalue weighted by molar-refractivity contribution is 0.0749. The molecule has 0 saturated heterocycles. The Bertz CT molecular complexity index is 950. The lowest BCUT2D eigenvalue weighted by atomic mass is 9.98. The number of aromatic hydroxyl groups is 2. The molecule has 2 N–H and O–H groups in total. The van der Waals surface area contributed by atoms with E-state index in [0.29, 0.717) is 24.6 Å². The van der Waals surface area contributed by atoms with Gasteiger partial charge in [0.25, 0.3) is 5.91 Å². The molecule has 5 heteroatoms. The summed E-state index contributed by atoms with van der Waals surface area (Å²) in [6, 6.07) is 11.2. The second-order valence-electron chi connectivity index (χ2n) is 9.19. The molecule has 0 bridgehead atoms. The molecule has 0 spiro atoms. The highest BCUT2D eigenvalue weighted by atomic mass is 16.3. The highest BCUT2D eigenvalue weighted by molar-refractivity contribution is 5.97. The number of allylic oxidation sites excluding steroid dienone is 1. The highest BCUT2D eigenvalue weighted by Gasteiger charge is 2.21. The topological polar surface area (TPSA) is 64.0 Å². The zero-order valence-electron chi connectivity index (χ0n) is 21.0. The Morgan fingerprint density at radius 1 is 1.03 bits per heavy atom. The monoisotopic (exact) mass is 452 g/mol. The maximum absolute atomic E-state index is 13.3. The van der Waals surface area contributed by atoms with Crippen LogP contribution in [0.4, 0.5) is 5.69 Å². The summed E-state index contributed by atoms with van der Waals surface area (Å²) in [4.78, 5) is 17.3. The molecule has 2 aromatic rings. The first kappa shape index (κ1) is 26.3. The fourth-order valence-corrected chi connectivity index (χ4v) is 3.85. The summed E-state index contributed by atoms with van der Waals surface area (Å²) in [7, 11) is 0. The van der Waals surface area contributed by atoms with Gasteiger partial charge in [-0.15, -0.1) is 0 Å². The van der Waals surface area contributed by atoms with Crippen molar-refractivity contribution in [2.45, 2.75) is 60.4 Å². The lowest BCUT2D eigenvalue weighted by Crippen LogP contribution is -2.30. The minimum absolute atomic E-state index is 0.0114. The van der Waals surface area contributed by atoms with E-state index in [9.17, 15) is 15.0 Å². The zero-order chi connectivity index (χ0) is 24.5. The van der Waals surface area contributed by atoms with E-state index in [-0.39, 0.29) is 28.9 Å². The van der Waals surface area contributed by atoms with Crippen LogP contribution in [-0.2, 0) is 6.54 Å². The predicted molar refractivity (Wildman–Crippen MR) is 137 cm³/mol. The van der Waals surface area contributed by atoms with Crippen LogP contribution < -0.4 is 4.90 Å². The molecule has 2 aromatic carbocycles. The fraction of sp³-hybridized carbons (Fsp3) is 0.464. The van der Waals surface area contributed by atoms with Gasteiger partial charge in [-0.05, 0) is 54.5 Å². The van der Waals surface area contributed by atoms with Crippen LogP contribution in [0.15, 0.2) is 48.6 Å². The molecule has 180 valence electrons. The third-order valence-corrected chi connectivity index (χ3v) is 5.66. The SMILES string of the molecule is CCCN(C/C=C/C(C)C)c1cccc(CN(CC)C(=O)c2cc(C(C)C)c(O)cc2O)c1. The van der Waals surface area contributed by atoms with Gasteiger partial charge in [0.2, 0.25) is 0 Å². The molecule has 0 aromatic heterocycles. The summed E-state index contributed by atoms with van der Waals surface area (Å²) in [6.07, 6.45) is 5.49. The normalized spacial score (nSPS) is 11.5. The van der Waals surface area contributed by atoms with Gasteiger partial charge < -0.3 is 20.0 Å². The van der Waals surface area contributed by atoms with Crippen molar-refractivity contribution >= 4 is 11.6 Å². The third kappa shape index (κ3) is 7.28. The second kappa shape index (κ2) is 12.3. The van der Waals surface area contributed by atoms with Gasteiger partial charge in [0.15, 0.2) is 0 Å². The fourth-order valence-electron chi connectivity index (χ4n) is 3.85. The van der Waals surface area contributed by atoms with E-state index >= 15 is 0 Å². The molecule has 0 aliphatic rings. The minimum Gasteiger partial charge on any atom is -0.508 e. The first-order valence-electron chi connectivity index (χ1n) is 12.0. The maximum Gasteiger partial charge on any atom is 0.257 e. The van der Waals surface area contributed by atoms with Crippen molar-refractivity contribution in [3.05, 3.63) is 65.2 Å². The van der Waals surface area contributed by atoms with Crippen LogP contribution in [0, 0.1) is 5.92 Å². The number of carbonyl (C=O) groups is 1. The molecule has 0 aliphatic carbocycles. The van der Waals surface area contributed by atoms with Crippen molar-refractivity contribution in [3.63, 3.8) is 0 Å². The highest BCUT2D eigenvalue weighted by Crippen LogP contribution is 2.33. The van der Waals surface area contributed by atoms with E-state index < -0.39 is 0 Å². The van der Waals surface area contributed by atoms with E-state index in [2.05, 4.69) is 50.0 Å². The molecular formula is C28H40N2O3. The number of carbonyl (C=O) groups excluding carboxylic acids is 1. The maximum atomic E-state index is 13.3. The number of amides is 1. The Morgan fingerprint density at radius 2 is 1.76 bits per heavy atom. The van der Waals surface area contributed by atoms with Crippen LogP contribution in [0.25, 0.3) is 0 Å². The van der Waals surface area contributed by atoms with Crippen molar-refractivity contribution in [1.29, 1.82) is 0 Å². The number of hydrogen-bond acceptors (Lipinski definition) is 4. The summed E-state index contributed by atoms with van der Waals surface area (Å²) in [5.41, 5.74) is 3.06. The van der Waals surface area contributed by atoms with Crippen molar-refractivity contribution in [2.75, 3.05) is 24.5 Å². The molecular weight excluding hydrogens is 412 g/mol. The molecule has 0 fully saturated rings. The van der Waals surface area contributed by atoms with E-state index in [1.165, 1.54) is 6.07 Å². The van der Waals surface area contributed by atoms with Gasteiger partial charge in [0, 0.05) is 37.9 Å². The lowest BCUT2D eigenvalue weighted by Gasteiger charge is -2.25. The second-order valence-corrected chi connectivity index (χ2v) is 9.19. The average Bonchev–Trinajstić information content (AvgIpc) is 2.76. The van der Waals surface area contributed by atoms with Gasteiger partial charge >= 0.3 is 0 Å². The number of nitrogens with zero attached hydrogens (tertiary/aromatic N) is 2.